The molecule has 0 spiro atoms. The van der Waals surface area contributed by atoms with Crippen LogP contribution in [0.3, 0.4) is 0 Å². The third kappa shape index (κ3) is 3.71. The van der Waals surface area contributed by atoms with Gasteiger partial charge in [0, 0.05) is 17.8 Å². The number of rotatable bonds is 6. The van der Waals surface area contributed by atoms with Crippen molar-refractivity contribution in [3.63, 3.8) is 0 Å². The molecule has 0 aliphatic heterocycles. The smallest absolute Gasteiger partial charge is 0.240 e. The molecule has 6 heteroatoms. The maximum Gasteiger partial charge on any atom is 0.240 e. The fraction of sp³-hybridized carbons (Fsp3) is 0.550. The summed E-state index contributed by atoms with van der Waals surface area (Å²) in [5.41, 5.74) is 3.06. The van der Waals surface area contributed by atoms with Gasteiger partial charge in [-0.1, -0.05) is 38.2 Å². The van der Waals surface area contributed by atoms with Crippen molar-refractivity contribution in [1.29, 1.82) is 0 Å². The highest BCUT2D eigenvalue weighted by atomic mass is 32.2. The number of aromatic nitrogens is 2. The van der Waals surface area contributed by atoms with Crippen molar-refractivity contribution in [2.45, 2.75) is 62.3 Å². The van der Waals surface area contributed by atoms with Gasteiger partial charge in [-0.2, -0.15) is 0 Å². The minimum atomic E-state index is -3.46. The molecular formula is C20H27N3O2S. The summed E-state index contributed by atoms with van der Waals surface area (Å²) < 4.78 is 29.1. The lowest BCUT2D eigenvalue weighted by molar-refractivity contribution is 0.357. The molecule has 140 valence electrons. The Morgan fingerprint density at radius 1 is 1.15 bits per heavy atom. The minimum Gasteiger partial charge on any atom is -0.334 e. The summed E-state index contributed by atoms with van der Waals surface area (Å²) in [4.78, 5) is 4.91. The summed E-state index contributed by atoms with van der Waals surface area (Å²) in [6.07, 6.45) is 13.9. The van der Waals surface area contributed by atoms with Crippen molar-refractivity contribution in [2.24, 2.45) is 5.92 Å². The second-order valence-electron chi connectivity index (χ2n) is 7.67. The van der Waals surface area contributed by atoms with Crippen LogP contribution in [0.15, 0.2) is 35.6 Å². The first-order valence-electron chi connectivity index (χ1n) is 9.67. The van der Waals surface area contributed by atoms with Gasteiger partial charge in [0.05, 0.1) is 16.9 Å². The monoisotopic (exact) mass is 373 g/mol. The number of hydrogen-bond acceptors (Lipinski definition) is 3. The number of nitrogens with one attached hydrogen (secondary N) is 1. The van der Waals surface area contributed by atoms with Crippen LogP contribution in [0.5, 0.6) is 0 Å². The summed E-state index contributed by atoms with van der Waals surface area (Å²) in [6, 6.07) is 6.08. The van der Waals surface area contributed by atoms with Crippen molar-refractivity contribution in [3.8, 4) is 11.3 Å². The van der Waals surface area contributed by atoms with E-state index in [9.17, 15) is 8.42 Å². The van der Waals surface area contributed by atoms with E-state index >= 15 is 0 Å². The van der Waals surface area contributed by atoms with E-state index in [1.807, 2.05) is 12.4 Å². The minimum absolute atomic E-state index is 0.309. The van der Waals surface area contributed by atoms with Crippen LogP contribution in [0, 0.1) is 5.92 Å². The molecule has 5 nitrogen and oxygen atoms in total. The molecule has 0 atom stereocenters. The van der Waals surface area contributed by atoms with Gasteiger partial charge >= 0.3 is 0 Å². The second kappa shape index (κ2) is 7.16. The van der Waals surface area contributed by atoms with Crippen LogP contribution in [0.4, 0.5) is 0 Å². The van der Waals surface area contributed by atoms with E-state index in [-0.39, 0.29) is 0 Å². The Kier molecular flexibility index (Phi) is 4.88. The Bertz CT molecular complexity index is 878. The molecule has 2 aliphatic rings. The number of hydrogen-bond donors (Lipinski definition) is 1. The van der Waals surface area contributed by atoms with Crippen LogP contribution in [0.25, 0.3) is 11.3 Å². The number of sulfonamides is 1. The third-order valence-electron chi connectivity index (χ3n) is 5.74. The Morgan fingerprint density at radius 3 is 2.62 bits per heavy atom. The molecule has 1 aromatic heterocycles. The van der Waals surface area contributed by atoms with Crippen LogP contribution in [-0.2, 0) is 16.4 Å². The van der Waals surface area contributed by atoms with E-state index in [1.54, 1.807) is 12.1 Å². The molecule has 1 N–H and O–H groups in total. The molecule has 0 radical (unpaired) electrons. The molecule has 0 amide bonds. The molecule has 1 aromatic carbocycles. The summed E-state index contributed by atoms with van der Waals surface area (Å²) in [5, 5.41) is 0. The summed E-state index contributed by atoms with van der Waals surface area (Å²) in [7, 11) is -2.01. The van der Waals surface area contributed by atoms with Gasteiger partial charge < -0.3 is 4.57 Å². The third-order valence-corrected chi connectivity index (χ3v) is 7.15. The maximum atomic E-state index is 12.3. The Balaban J connectivity index is 1.71. The van der Waals surface area contributed by atoms with Gasteiger partial charge in [0.1, 0.15) is 0 Å². The Hall–Kier alpha value is -1.66. The molecular weight excluding hydrogens is 346 g/mol. The summed E-state index contributed by atoms with van der Waals surface area (Å²) in [5.74, 6) is 0.694. The van der Waals surface area contributed by atoms with Crippen LogP contribution >= 0.6 is 0 Å². The summed E-state index contributed by atoms with van der Waals surface area (Å²) in [6.45, 7) is 0. The van der Waals surface area contributed by atoms with Crippen LogP contribution in [0.2, 0.25) is 0 Å². The van der Waals surface area contributed by atoms with E-state index in [1.165, 1.54) is 57.6 Å². The first-order chi connectivity index (χ1) is 12.6. The molecule has 0 unspecified atom stereocenters. The second-order valence-corrected chi connectivity index (χ2v) is 9.56. The van der Waals surface area contributed by atoms with Crippen molar-refractivity contribution >= 4 is 10.0 Å². The van der Waals surface area contributed by atoms with Crippen molar-refractivity contribution in [2.75, 3.05) is 7.05 Å². The Morgan fingerprint density at radius 2 is 1.92 bits per heavy atom. The lowest BCUT2D eigenvalue weighted by atomic mass is 9.83. The first kappa shape index (κ1) is 17.7. The van der Waals surface area contributed by atoms with Crippen molar-refractivity contribution in [1.82, 2.24) is 14.3 Å². The van der Waals surface area contributed by atoms with Crippen molar-refractivity contribution < 1.29 is 8.42 Å². The van der Waals surface area contributed by atoms with Gasteiger partial charge in [0.25, 0.3) is 0 Å². The molecule has 2 aliphatic carbocycles. The summed E-state index contributed by atoms with van der Waals surface area (Å²) >= 11 is 0. The number of imidazole rings is 1. The SMILES string of the molecule is CNS(=O)(=O)c1ccc(CC2CCCCC2)c(-c2cn(C3CC3)cn2)c1. The maximum absolute atomic E-state index is 12.3. The zero-order valence-corrected chi connectivity index (χ0v) is 16.1. The van der Waals surface area contributed by atoms with Gasteiger partial charge in [-0.3, -0.25) is 0 Å². The zero-order chi connectivity index (χ0) is 18.1. The first-order valence-corrected chi connectivity index (χ1v) is 11.2. The van der Waals surface area contributed by atoms with E-state index in [4.69, 9.17) is 0 Å². The molecule has 2 fully saturated rings. The molecule has 2 aromatic rings. The average molecular weight is 374 g/mol. The molecule has 1 heterocycles. The molecule has 26 heavy (non-hydrogen) atoms. The van der Waals surface area contributed by atoms with Gasteiger partial charge in [-0.25, -0.2) is 18.1 Å². The quantitative estimate of drug-likeness (QED) is 0.835. The highest BCUT2D eigenvalue weighted by Gasteiger charge is 2.25. The molecule has 0 saturated heterocycles. The fourth-order valence-electron chi connectivity index (χ4n) is 4.01. The fourth-order valence-corrected chi connectivity index (χ4v) is 4.76. The van der Waals surface area contributed by atoms with E-state index in [2.05, 4.69) is 20.5 Å². The number of benzene rings is 1. The predicted molar refractivity (Wildman–Crippen MR) is 102 cm³/mol. The molecule has 2 saturated carbocycles. The average Bonchev–Trinajstić information content (AvgIpc) is 3.40. The zero-order valence-electron chi connectivity index (χ0n) is 15.3. The Labute approximate surface area is 155 Å². The normalized spacial score (nSPS) is 19.0. The van der Waals surface area contributed by atoms with E-state index in [0.29, 0.717) is 16.9 Å². The predicted octanol–water partition coefficient (Wildman–Crippen LogP) is 3.92. The lowest BCUT2D eigenvalue weighted by Gasteiger charge is -2.22. The van der Waals surface area contributed by atoms with E-state index in [0.717, 1.165) is 17.7 Å². The standard InChI is InChI=1S/C20H27N3O2S/c1-21-26(24,25)18-10-7-16(11-15-5-3-2-4-6-15)19(12-18)20-13-23(14-22-20)17-8-9-17/h7,10,12-15,17,21H,2-6,8-9,11H2,1H3. The molecule has 0 bridgehead atoms. The van der Waals surface area contributed by atoms with Gasteiger partial charge in [0.15, 0.2) is 0 Å². The van der Waals surface area contributed by atoms with Crippen molar-refractivity contribution in [3.05, 3.63) is 36.3 Å². The van der Waals surface area contributed by atoms with Gasteiger partial charge in [-0.05, 0) is 49.9 Å². The highest BCUT2D eigenvalue weighted by Crippen LogP contribution is 2.37. The van der Waals surface area contributed by atoms with E-state index < -0.39 is 10.0 Å². The largest absolute Gasteiger partial charge is 0.334 e. The molecule has 4 rings (SSSR count). The van der Waals surface area contributed by atoms with Crippen LogP contribution in [-0.4, -0.2) is 25.0 Å². The van der Waals surface area contributed by atoms with Crippen LogP contribution in [0.1, 0.15) is 56.6 Å². The van der Waals surface area contributed by atoms with Gasteiger partial charge in [-0.15, -0.1) is 0 Å². The highest BCUT2D eigenvalue weighted by molar-refractivity contribution is 7.89. The topological polar surface area (TPSA) is 64.0 Å². The van der Waals surface area contributed by atoms with Crippen LogP contribution < -0.4 is 4.72 Å². The van der Waals surface area contributed by atoms with Gasteiger partial charge in [0.2, 0.25) is 10.0 Å². The lowest BCUT2D eigenvalue weighted by Crippen LogP contribution is -2.19. The number of nitrogens with zero attached hydrogens (tertiary/aromatic N) is 2.